The van der Waals surface area contributed by atoms with Gasteiger partial charge >= 0.3 is 0 Å². The van der Waals surface area contributed by atoms with Gasteiger partial charge in [0.15, 0.2) is 0 Å². The lowest BCUT2D eigenvalue weighted by atomic mass is 10.5. The fraction of sp³-hybridized carbons (Fsp3) is 1.00. The second-order valence-corrected chi connectivity index (χ2v) is 2.99. The zero-order valence-electron chi connectivity index (χ0n) is 4.43. The Balaban J connectivity index is 3.24. The van der Waals surface area contributed by atoms with E-state index in [0.29, 0.717) is 0 Å². The van der Waals surface area contributed by atoms with Crippen molar-refractivity contribution in [1.29, 1.82) is 0 Å². The lowest BCUT2D eigenvalue weighted by Crippen LogP contribution is -2.07. The number of hydrogen-bond donors (Lipinski definition) is 1. The number of hydrogen-bond acceptors (Lipinski definition) is 3. The minimum absolute atomic E-state index is 0.150. The molecule has 0 aromatic carbocycles. The first kappa shape index (κ1) is 8.44. The molecule has 2 atom stereocenters. The molecule has 0 aromatic heterocycles. The molecule has 0 saturated carbocycles. The highest BCUT2D eigenvalue weighted by atomic mass is 35.7. The van der Waals surface area contributed by atoms with Crippen LogP contribution in [0.25, 0.3) is 0 Å². The van der Waals surface area contributed by atoms with E-state index in [4.69, 9.17) is 16.3 Å². The monoisotopic (exact) mass is 158 g/mol. The van der Waals surface area contributed by atoms with Gasteiger partial charge in [0.2, 0.25) is 0 Å². The van der Waals surface area contributed by atoms with Crippen LogP contribution in [-0.4, -0.2) is 17.8 Å². The van der Waals surface area contributed by atoms with Crippen molar-refractivity contribution in [2.75, 3.05) is 6.61 Å². The van der Waals surface area contributed by atoms with E-state index in [0.717, 1.165) is 0 Å². The van der Waals surface area contributed by atoms with Crippen LogP contribution in [0, 0.1) is 0 Å². The summed E-state index contributed by atoms with van der Waals surface area (Å²) in [5.41, 5.74) is 0. The Bertz CT molecular complexity index is 86.6. The summed E-state index contributed by atoms with van der Waals surface area (Å²) in [4.78, 5) is 0. The molecule has 2 unspecified atom stereocenters. The lowest BCUT2D eigenvalue weighted by Gasteiger charge is -2.03. The molecule has 0 rings (SSSR count). The summed E-state index contributed by atoms with van der Waals surface area (Å²) in [7, 11) is -2.38. The fourth-order valence-electron chi connectivity index (χ4n) is 0.195. The van der Waals surface area contributed by atoms with Crippen LogP contribution in [0.4, 0.5) is 0 Å². The Kier molecular flexibility index (Phi) is 4.57. The van der Waals surface area contributed by atoms with E-state index in [1.807, 2.05) is 0 Å². The van der Waals surface area contributed by atoms with Crippen LogP contribution in [0.2, 0.25) is 0 Å². The average molecular weight is 159 g/mol. The first-order chi connectivity index (χ1) is 3.66. The van der Waals surface area contributed by atoms with Crippen molar-refractivity contribution in [3.63, 3.8) is 0 Å². The molecule has 3 nitrogen and oxygen atoms in total. The molecular formula is C3H8ClO3P. The fourth-order valence-corrected chi connectivity index (χ4v) is 1.04. The molecule has 0 heterocycles. The normalized spacial score (nSPS) is 17.9. The van der Waals surface area contributed by atoms with E-state index in [2.05, 4.69) is 4.52 Å². The van der Waals surface area contributed by atoms with Gasteiger partial charge in [-0.25, -0.2) is 0 Å². The summed E-state index contributed by atoms with van der Waals surface area (Å²) >= 11 is 4.96. The summed E-state index contributed by atoms with van der Waals surface area (Å²) < 4.78 is 14.5. The Morgan fingerprint density at radius 1 is 2.00 bits per heavy atom. The van der Waals surface area contributed by atoms with Crippen molar-refractivity contribution in [3.05, 3.63) is 0 Å². The van der Waals surface area contributed by atoms with Gasteiger partial charge in [-0.1, -0.05) is 0 Å². The summed E-state index contributed by atoms with van der Waals surface area (Å²) in [6.07, 6.45) is -0.418. The first-order valence-corrected chi connectivity index (χ1v) is 4.46. The molecule has 0 aromatic rings. The number of rotatable bonds is 3. The van der Waals surface area contributed by atoms with Gasteiger partial charge in [0.05, 0.1) is 12.7 Å². The van der Waals surface area contributed by atoms with Crippen molar-refractivity contribution in [2.45, 2.75) is 13.0 Å². The van der Waals surface area contributed by atoms with Crippen LogP contribution in [0.15, 0.2) is 0 Å². The molecule has 0 fully saturated rings. The molecule has 0 aliphatic heterocycles. The maximum absolute atomic E-state index is 10.0. The third-order valence-electron chi connectivity index (χ3n) is 0.551. The van der Waals surface area contributed by atoms with Gasteiger partial charge in [-0.15, -0.1) is 0 Å². The van der Waals surface area contributed by atoms with Crippen molar-refractivity contribution in [1.82, 2.24) is 0 Å². The van der Waals surface area contributed by atoms with E-state index in [1.54, 1.807) is 6.92 Å². The first-order valence-electron chi connectivity index (χ1n) is 2.13. The molecule has 8 heavy (non-hydrogen) atoms. The summed E-state index contributed by atoms with van der Waals surface area (Å²) in [5, 5.41) is 8.28. The van der Waals surface area contributed by atoms with Gasteiger partial charge in [0.1, 0.15) is 0 Å². The Morgan fingerprint density at radius 3 is 2.62 bits per heavy atom. The SMILES string of the molecule is CC(CO)O[PH](=O)Cl. The molecule has 0 spiro atoms. The Hall–Kier alpha value is 0.440. The average Bonchev–Trinajstić information content (AvgIpc) is 1.65. The van der Waals surface area contributed by atoms with Crippen LogP contribution >= 0.6 is 18.6 Å². The van der Waals surface area contributed by atoms with Crippen LogP contribution in [0.1, 0.15) is 6.92 Å². The van der Waals surface area contributed by atoms with Crippen LogP contribution < -0.4 is 0 Å². The van der Waals surface area contributed by atoms with Crippen LogP contribution in [0.5, 0.6) is 0 Å². The minimum atomic E-state index is -2.38. The molecule has 1 N–H and O–H groups in total. The van der Waals surface area contributed by atoms with Crippen LogP contribution in [-0.2, 0) is 9.09 Å². The van der Waals surface area contributed by atoms with E-state index >= 15 is 0 Å². The molecule has 0 aliphatic rings. The highest BCUT2D eigenvalue weighted by Crippen LogP contribution is 2.29. The zero-order chi connectivity index (χ0) is 6.57. The quantitative estimate of drug-likeness (QED) is 0.624. The Labute approximate surface area is 53.3 Å². The largest absolute Gasteiger partial charge is 0.394 e. The molecule has 50 valence electrons. The maximum atomic E-state index is 10.0. The number of halogens is 1. The third kappa shape index (κ3) is 4.60. The third-order valence-corrected chi connectivity index (χ3v) is 1.41. The highest BCUT2D eigenvalue weighted by molar-refractivity contribution is 7.69. The maximum Gasteiger partial charge on any atom is 0.279 e. The summed E-state index contributed by atoms with van der Waals surface area (Å²) in [5.74, 6) is 0. The van der Waals surface area contributed by atoms with Crippen molar-refractivity contribution in [3.8, 4) is 0 Å². The van der Waals surface area contributed by atoms with Crippen molar-refractivity contribution in [2.24, 2.45) is 0 Å². The number of aliphatic hydroxyl groups excluding tert-OH is 1. The molecule has 0 radical (unpaired) electrons. The highest BCUT2D eigenvalue weighted by Gasteiger charge is 2.00. The van der Waals surface area contributed by atoms with Crippen molar-refractivity contribution >= 4 is 18.6 Å². The van der Waals surface area contributed by atoms with Gasteiger partial charge in [-0.2, -0.15) is 0 Å². The van der Waals surface area contributed by atoms with E-state index in [9.17, 15) is 4.57 Å². The topological polar surface area (TPSA) is 46.5 Å². The van der Waals surface area contributed by atoms with E-state index < -0.39 is 13.5 Å². The Morgan fingerprint density at radius 2 is 2.50 bits per heavy atom. The number of aliphatic hydroxyl groups is 1. The summed E-state index contributed by atoms with van der Waals surface area (Å²) in [6.45, 7) is 1.44. The predicted octanol–water partition coefficient (Wildman–Crippen LogP) is 1.01. The van der Waals surface area contributed by atoms with Gasteiger partial charge in [0.25, 0.3) is 7.38 Å². The smallest absolute Gasteiger partial charge is 0.279 e. The lowest BCUT2D eigenvalue weighted by molar-refractivity contribution is 0.140. The molecular weight excluding hydrogens is 150 g/mol. The molecule has 0 saturated heterocycles. The van der Waals surface area contributed by atoms with Gasteiger partial charge in [-0.3, -0.25) is 4.57 Å². The van der Waals surface area contributed by atoms with Crippen LogP contribution in [0.3, 0.4) is 0 Å². The van der Waals surface area contributed by atoms with E-state index in [-0.39, 0.29) is 6.61 Å². The predicted molar refractivity (Wildman–Crippen MR) is 32.5 cm³/mol. The molecule has 0 amide bonds. The van der Waals surface area contributed by atoms with Gasteiger partial charge < -0.3 is 9.63 Å². The van der Waals surface area contributed by atoms with Gasteiger partial charge in [-0.05, 0) is 18.2 Å². The molecule has 0 aliphatic carbocycles. The second-order valence-electron chi connectivity index (χ2n) is 1.35. The minimum Gasteiger partial charge on any atom is -0.394 e. The van der Waals surface area contributed by atoms with Gasteiger partial charge in [0, 0.05) is 0 Å². The standard InChI is InChI=1S/C3H8ClO3P/c1-3(2-5)7-8(4)6/h3,5,8H,2H2,1H3. The van der Waals surface area contributed by atoms with E-state index in [1.165, 1.54) is 0 Å². The molecule has 5 heteroatoms. The second kappa shape index (κ2) is 4.33. The van der Waals surface area contributed by atoms with Crippen molar-refractivity contribution < 1.29 is 14.2 Å². The molecule has 0 bridgehead atoms. The zero-order valence-corrected chi connectivity index (χ0v) is 6.18. The summed E-state index contributed by atoms with van der Waals surface area (Å²) in [6, 6.07) is 0.